The quantitative estimate of drug-likeness (QED) is 0.787. The Bertz CT molecular complexity index is 835. The van der Waals surface area contributed by atoms with E-state index in [0.717, 1.165) is 5.52 Å². The summed E-state index contributed by atoms with van der Waals surface area (Å²) in [6, 6.07) is 14.8. The van der Waals surface area contributed by atoms with Crippen molar-refractivity contribution in [3.05, 3.63) is 58.9 Å². The Kier molecular flexibility index (Phi) is 3.51. The number of aromatic nitrogens is 2. The van der Waals surface area contributed by atoms with Gasteiger partial charge in [-0.25, -0.2) is 4.98 Å². The third-order valence-corrected chi connectivity index (χ3v) is 3.38. The van der Waals surface area contributed by atoms with E-state index in [1.807, 2.05) is 31.2 Å². The number of nitrogens with one attached hydrogen (secondary N) is 1. The van der Waals surface area contributed by atoms with Gasteiger partial charge in [0.05, 0.1) is 11.1 Å². The number of aromatic amines is 1. The van der Waals surface area contributed by atoms with Gasteiger partial charge in [-0.3, -0.25) is 0 Å². The van der Waals surface area contributed by atoms with Crippen molar-refractivity contribution in [2.75, 3.05) is 0 Å². The normalized spacial score (nSPS) is 12.0. The lowest BCUT2D eigenvalue weighted by Gasteiger charge is -2.12. The van der Waals surface area contributed by atoms with Gasteiger partial charge in [-0.2, -0.15) is 5.26 Å². The van der Waals surface area contributed by atoms with E-state index in [1.165, 1.54) is 0 Å². The lowest BCUT2D eigenvalue weighted by molar-refractivity contribution is 0.218. The van der Waals surface area contributed by atoms with E-state index >= 15 is 0 Å². The summed E-state index contributed by atoms with van der Waals surface area (Å²) >= 11 is 5.94. The number of fused-ring (bicyclic) bond motifs is 1. The summed E-state index contributed by atoms with van der Waals surface area (Å²) < 4.78 is 5.82. The van der Waals surface area contributed by atoms with E-state index in [-0.39, 0.29) is 6.10 Å². The number of imidazole rings is 1. The number of halogens is 1. The van der Waals surface area contributed by atoms with Gasteiger partial charge >= 0.3 is 0 Å². The first-order valence-electron chi connectivity index (χ1n) is 6.48. The summed E-state index contributed by atoms with van der Waals surface area (Å²) in [6.45, 7) is 1.89. The average molecular weight is 298 g/mol. The Morgan fingerprint density at radius 2 is 2.10 bits per heavy atom. The molecule has 5 heteroatoms. The maximum atomic E-state index is 9.10. The van der Waals surface area contributed by atoms with Gasteiger partial charge in [0, 0.05) is 5.02 Å². The maximum Gasteiger partial charge on any atom is 0.153 e. The van der Waals surface area contributed by atoms with Crippen LogP contribution in [0.2, 0.25) is 5.02 Å². The standard InChI is InChI=1S/C16H12ClN3O/c1-10(21-13-6-3-5-12(17)8-13)16-19-14-7-2-4-11(9-18)15(14)20-16/h2-8,10H,1H3,(H,19,20). The summed E-state index contributed by atoms with van der Waals surface area (Å²) in [6.07, 6.45) is -0.276. The number of para-hydroxylation sites is 1. The van der Waals surface area contributed by atoms with Crippen LogP contribution >= 0.6 is 11.6 Å². The number of rotatable bonds is 3. The Morgan fingerprint density at radius 3 is 2.86 bits per heavy atom. The number of benzene rings is 2. The molecule has 0 aliphatic carbocycles. The molecule has 0 amide bonds. The zero-order valence-corrected chi connectivity index (χ0v) is 12.1. The van der Waals surface area contributed by atoms with E-state index in [1.54, 1.807) is 18.2 Å². The van der Waals surface area contributed by atoms with Crippen LogP contribution in [0.15, 0.2) is 42.5 Å². The topological polar surface area (TPSA) is 61.7 Å². The van der Waals surface area contributed by atoms with Crippen molar-refractivity contribution in [2.24, 2.45) is 0 Å². The molecule has 1 atom stereocenters. The molecular formula is C16H12ClN3O. The van der Waals surface area contributed by atoms with Crippen LogP contribution in [0.3, 0.4) is 0 Å². The molecule has 3 aromatic rings. The maximum absolute atomic E-state index is 9.10. The van der Waals surface area contributed by atoms with Crippen molar-refractivity contribution in [1.29, 1.82) is 5.26 Å². The lowest BCUT2D eigenvalue weighted by atomic mass is 10.2. The average Bonchev–Trinajstić information content (AvgIpc) is 2.91. The van der Waals surface area contributed by atoms with Crippen LogP contribution < -0.4 is 4.74 Å². The van der Waals surface area contributed by atoms with Gasteiger partial charge in [0.2, 0.25) is 0 Å². The summed E-state index contributed by atoms with van der Waals surface area (Å²) in [5.41, 5.74) is 2.03. The molecule has 4 nitrogen and oxygen atoms in total. The molecule has 0 bridgehead atoms. The second-order valence-electron chi connectivity index (χ2n) is 4.65. The Balaban J connectivity index is 1.91. The van der Waals surface area contributed by atoms with Gasteiger partial charge in [0.15, 0.2) is 6.10 Å². The highest BCUT2D eigenvalue weighted by Gasteiger charge is 2.14. The van der Waals surface area contributed by atoms with Crippen molar-refractivity contribution < 1.29 is 4.74 Å². The van der Waals surface area contributed by atoms with Crippen molar-refractivity contribution in [3.63, 3.8) is 0 Å². The molecule has 1 aromatic heterocycles. The molecule has 0 aliphatic heterocycles. The highest BCUT2D eigenvalue weighted by Crippen LogP contribution is 2.25. The second-order valence-corrected chi connectivity index (χ2v) is 5.09. The molecule has 1 heterocycles. The fourth-order valence-electron chi connectivity index (χ4n) is 2.13. The third-order valence-electron chi connectivity index (χ3n) is 3.15. The monoisotopic (exact) mass is 297 g/mol. The summed E-state index contributed by atoms with van der Waals surface area (Å²) in [4.78, 5) is 7.65. The molecule has 0 aliphatic rings. The van der Waals surface area contributed by atoms with E-state index in [4.69, 9.17) is 21.6 Å². The fourth-order valence-corrected chi connectivity index (χ4v) is 2.31. The first-order valence-corrected chi connectivity index (χ1v) is 6.86. The van der Waals surface area contributed by atoms with Crippen molar-refractivity contribution in [3.8, 4) is 11.8 Å². The van der Waals surface area contributed by atoms with Crippen molar-refractivity contribution in [1.82, 2.24) is 9.97 Å². The van der Waals surface area contributed by atoms with Gasteiger partial charge in [0.1, 0.15) is 23.2 Å². The van der Waals surface area contributed by atoms with Crippen molar-refractivity contribution >= 4 is 22.6 Å². The summed E-state index contributed by atoms with van der Waals surface area (Å²) in [5, 5.41) is 9.72. The number of H-pyrrole nitrogens is 1. The van der Waals surface area contributed by atoms with E-state index in [0.29, 0.717) is 27.7 Å². The molecule has 0 radical (unpaired) electrons. The van der Waals surface area contributed by atoms with E-state index in [2.05, 4.69) is 16.0 Å². The molecule has 0 fully saturated rings. The van der Waals surface area contributed by atoms with Crippen LogP contribution in [0.4, 0.5) is 0 Å². The molecule has 104 valence electrons. The number of ether oxygens (including phenoxy) is 1. The molecule has 0 saturated heterocycles. The predicted octanol–water partition coefficient (Wildman–Crippen LogP) is 4.23. The molecule has 1 unspecified atom stereocenters. The van der Waals surface area contributed by atoms with Gasteiger partial charge in [-0.15, -0.1) is 0 Å². The molecule has 0 spiro atoms. The minimum Gasteiger partial charge on any atom is -0.483 e. The summed E-state index contributed by atoms with van der Waals surface area (Å²) in [7, 11) is 0. The van der Waals surface area contributed by atoms with Crippen LogP contribution in [0.25, 0.3) is 11.0 Å². The number of hydrogen-bond donors (Lipinski definition) is 1. The number of nitrogens with zero attached hydrogens (tertiary/aromatic N) is 2. The fraction of sp³-hybridized carbons (Fsp3) is 0.125. The Morgan fingerprint density at radius 1 is 1.29 bits per heavy atom. The number of hydrogen-bond acceptors (Lipinski definition) is 3. The van der Waals surface area contributed by atoms with Gasteiger partial charge < -0.3 is 9.72 Å². The Labute approximate surface area is 127 Å². The lowest BCUT2D eigenvalue weighted by Crippen LogP contribution is -2.04. The summed E-state index contributed by atoms with van der Waals surface area (Å²) in [5.74, 6) is 1.35. The van der Waals surface area contributed by atoms with E-state index < -0.39 is 0 Å². The molecule has 3 rings (SSSR count). The number of nitriles is 1. The Hall–Kier alpha value is -2.51. The predicted molar refractivity (Wildman–Crippen MR) is 81.3 cm³/mol. The van der Waals surface area contributed by atoms with Crippen LogP contribution in [-0.2, 0) is 0 Å². The zero-order chi connectivity index (χ0) is 14.8. The van der Waals surface area contributed by atoms with Crippen LogP contribution in [0.1, 0.15) is 24.4 Å². The highest BCUT2D eigenvalue weighted by molar-refractivity contribution is 6.30. The second kappa shape index (κ2) is 5.47. The first kappa shape index (κ1) is 13.5. The van der Waals surface area contributed by atoms with Gasteiger partial charge in [-0.1, -0.05) is 23.7 Å². The smallest absolute Gasteiger partial charge is 0.153 e. The van der Waals surface area contributed by atoms with Crippen molar-refractivity contribution in [2.45, 2.75) is 13.0 Å². The minimum atomic E-state index is -0.276. The highest BCUT2D eigenvalue weighted by atomic mass is 35.5. The zero-order valence-electron chi connectivity index (χ0n) is 11.3. The van der Waals surface area contributed by atoms with Crippen LogP contribution in [-0.4, -0.2) is 9.97 Å². The third kappa shape index (κ3) is 2.69. The molecule has 21 heavy (non-hydrogen) atoms. The molecule has 2 aromatic carbocycles. The first-order chi connectivity index (χ1) is 10.2. The SMILES string of the molecule is CC(Oc1cccc(Cl)c1)c1nc2c(C#N)cccc2[nH]1. The van der Waals surface area contributed by atoms with Crippen LogP contribution in [0.5, 0.6) is 5.75 Å². The van der Waals surface area contributed by atoms with E-state index in [9.17, 15) is 0 Å². The van der Waals surface area contributed by atoms with Gasteiger partial charge in [0.25, 0.3) is 0 Å². The van der Waals surface area contributed by atoms with Crippen LogP contribution in [0, 0.1) is 11.3 Å². The molecule has 1 N–H and O–H groups in total. The minimum absolute atomic E-state index is 0.276. The largest absolute Gasteiger partial charge is 0.483 e. The molecule has 0 saturated carbocycles. The van der Waals surface area contributed by atoms with Gasteiger partial charge in [-0.05, 0) is 37.3 Å². The molecular weight excluding hydrogens is 286 g/mol.